The van der Waals surface area contributed by atoms with Gasteiger partial charge in [0.15, 0.2) is 0 Å². The third-order valence-corrected chi connectivity index (χ3v) is 4.72. The Labute approximate surface area is 157 Å². The van der Waals surface area contributed by atoms with Crippen molar-refractivity contribution in [2.24, 2.45) is 0 Å². The number of nitrogens with one attached hydrogen (secondary N) is 1. The fourth-order valence-corrected chi connectivity index (χ4v) is 3.33. The van der Waals surface area contributed by atoms with Crippen molar-refractivity contribution in [2.75, 3.05) is 7.05 Å². The SMILES string of the molecule is CN(Cc1ccccc1)C(=O)NSC(=O)Cc1cccc2ccccc12. The van der Waals surface area contributed by atoms with E-state index in [0.29, 0.717) is 6.54 Å². The molecule has 26 heavy (non-hydrogen) atoms. The summed E-state index contributed by atoms with van der Waals surface area (Å²) in [6.45, 7) is 0.491. The van der Waals surface area contributed by atoms with Crippen molar-refractivity contribution < 1.29 is 9.59 Å². The van der Waals surface area contributed by atoms with E-state index in [0.717, 1.165) is 33.8 Å². The topological polar surface area (TPSA) is 49.4 Å². The molecule has 3 aromatic carbocycles. The Bertz CT molecular complexity index is 907. The van der Waals surface area contributed by atoms with Crippen LogP contribution >= 0.6 is 11.9 Å². The molecule has 5 heteroatoms. The number of amides is 2. The molecular formula is C21H20N2O2S. The minimum atomic E-state index is -0.287. The third kappa shape index (κ3) is 4.64. The number of urea groups is 1. The van der Waals surface area contributed by atoms with Crippen LogP contribution in [0.4, 0.5) is 4.79 Å². The van der Waals surface area contributed by atoms with Gasteiger partial charge in [-0.1, -0.05) is 72.8 Å². The highest BCUT2D eigenvalue weighted by Gasteiger charge is 2.13. The molecule has 3 aromatic rings. The number of nitrogens with zero attached hydrogens (tertiary/aromatic N) is 1. The molecule has 0 saturated heterocycles. The average Bonchev–Trinajstić information content (AvgIpc) is 2.67. The molecule has 3 rings (SSSR count). The van der Waals surface area contributed by atoms with Gasteiger partial charge < -0.3 is 4.90 Å². The van der Waals surface area contributed by atoms with Crippen molar-refractivity contribution in [1.82, 2.24) is 9.62 Å². The minimum Gasteiger partial charge on any atom is -0.323 e. The number of rotatable bonds is 4. The molecule has 4 nitrogen and oxygen atoms in total. The van der Waals surface area contributed by atoms with E-state index in [-0.39, 0.29) is 17.6 Å². The van der Waals surface area contributed by atoms with E-state index >= 15 is 0 Å². The summed E-state index contributed by atoms with van der Waals surface area (Å²) in [4.78, 5) is 26.0. The fourth-order valence-electron chi connectivity index (χ4n) is 2.75. The first-order chi connectivity index (χ1) is 12.6. The molecule has 0 radical (unpaired) electrons. The van der Waals surface area contributed by atoms with Gasteiger partial charge in [-0.2, -0.15) is 0 Å². The second kappa shape index (κ2) is 8.54. The molecule has 0 atom stereocenters. The smallest absolute Gasteiger partial charge is 0.323 e. The van der Waals surface area contributed by atoms with Crippen LogP contribution in [0.25, 0.3) is 10.8 Å². The first-order valence-corrected chi connectivity index (χ1v) is 9.16. The summed E-state index contributed by atoms with van der Waals surface area (Å²) in [5.74, 6) is 0. The first-order valence-electron chi connectivity index (χ1n) is 8.35. The van der Waals surface area contributed by atoms with E-state index in [2.05, 4.69) is 4.72 Å². The summed E-state index contributed by atoms with van der Waals surface area (Å²) in [6, 6.07) is 23.3. The molecule has 0 aliphatic rings. The molecule has 132 valence electrons. The Kier molecular flexibility index (Phi) is 5.92. The monoisotopic (exact) mass is 364 g/mol. The number of benzene rings is 3. The zero-order valence-corrected chi connectivity index (χ0v) is 15.3. The number of fused-ring (bicyclic) bond motifs is 1. The van der Waals surface area contributed by atoms with E-state index in [1.54, 1.807) is 11.9 Å². The zero-order valence-electron chi connectivity index (χ0n) is 14.5. The summed E-state index contributed by atoms with van der Waals surface area (Å²) in [7, 11) is 1.71. The summed E-state index contributed by atoms with van der Waals surface area (Å²) in [5.41, 5.74) is 2.00. The van der Waals surface area contributed by atoms with Crippen molar-refractivity contribution in [3.63, 3.8) is 0 Å². The summed E-state index contributed by atoms with van der Waals surface area (Å²) < 4.78 is 2.62. The molecule has 1 N–H and O–H groups in total. The van der Waals surface area contributed by atoms with Gasteiger partial charge in [-0.25, -0.2) is 4.79 Å². The molecule has 0 saturated carbocycles. The maximum absolute atomic E-state index is 12.3. The molecule has 0 aliphatic heterocycles. The maximum Gasteiger partial charge on any atom is 0.327 e. The second-order valence-corrected chi connectivity index (χ2v) is 6.90. The lowest BCUT2D eigenvalue weighted by Gasteiger charge is -2.17. The number of carbonyl (C=O) groups excluding carboxylic acids is 2. The Morgan fingerprint density at radius 2 is 1.62 bits per heavy atom. The molecule has 0 heterocycles. The summed E-state index contributed by atoms with van der Waals surface area (Å²) in [6.07, 6.45) is 0.273. The third-order valence-electron chi connectivity index (χ3n) is 4.08. The van der Waals surface area contributed by atoms with Gasteiger partial charge in [-0.3, -0.25) is 9.52 Å². The van der Waals surface area contributed by atoms with Crippen LogP contribution in [0.15, 0.2) is 72.8 Å². The minimum absolute atomic E-state index is 0.0946. The van der Waals surface area contributed by atoms with E-state index in [1.165, 1.54) is 0 Å². The molecule has 0 bridgehead atoms. The van der Waals surface area contributed by atoms with Gasteiger partial charge in [0, 0.05) is 32.0 Å². The van der Waals surface area contributed by atoms with E-state index < -0.39 is 0 Å². The van der Waals surface area contributed by atoms with Gasteiger partial charge in [0.2, 0.25) is 5.12 Å². The highest BCUT2D eigenvalue weighted by Crippen LogP contribution is 2.20. The van der Waals surface area contributed by atoms with Gasteiger partial charge in [0.25, 0.3) is 0 Å². The Morgan fingerprint density at radius 1 is 0.923 bits per heavy atom. The highest BCUT2D eigenvalue weighted by molar-refractivity contribution is 8.12. The van der Waals surface area contributed by atoms with Crippen LogP contribution < -0.4 is 4.72 Å². The predicted molar refractivity (Wildman–Crippen MR) is 107 cm³/mol. The van der Waals surface area contributed by atoms with Crippen LogP contribution in [0.5, 0.6) is 0 Å². The van der Waals surface area contributed by atoms with Crippen LogP contribution in [-0.2, 0) is 17.8 Å². The van der Waals surface area contributed by atoms with Gasteiger partial charge in [0.05, 0.1) is 0 Å². The Morgan fingerprint density at radius 3 is 2.42 bits per heavy atom. The van der Waals surface area contributed by atoms with Gasteiger partial charge in [0.1, 0.15) is 0 Å². The highest BCUT2D eigenvalue weighted by atomic mass is 32.2. The van der Waals surface area contributed by atoms with Crippen LogP contribution in [0, 0.1) is 0 Å². The largest absolute Gasteiger partial charge is 0.327 e. The van der Waals surface area contributed by atoms with Crippen LogP contribution in [0.3, 0.4) is 0 Å². The fraction of sp³-hybridized carbons (Fsp3) is 0.143. The molecule has 2 amide bonds. The van der Waals surface area contributed by atoms with Crippen LogP contribution in [-0.4, -0.2) is 23.1 Å². The van der Waals surface area contributed by atoms with Gasteiger partial charge in [-0.05, 0) is 21.9 Å². The van der Waals surface area contributed by atoms with E-state index in [9.17, 15) is 9.59 Å². The quantitative estimate of drug-likeness (QED) is 0.698. The van der Waals surface area contributed by atoms with Crippen molar-refractivity contribution in [3.8, 4) is 0 Å². The standard InChI is InChI=1S/C21H20N2O2S/c1-23(15-16-8-3-2-4-9-16)21(25)22-26-20(24)14-18-12-7-11-17-10-5-6-13-19(17)18/h2-13H,14-15H2,1H3,(H,22,25). The number of hydrogen-bond acceptors (Lipinski definition) is 3. The molecule has 0 unspecified atom stereocenters. The van der Waals surface area contributed by atoms with Gasteiger partial charge >= 0.3 is 6.03 Å². The number of carbonyl (C=O) groups is 2. The first kappa shape index (κ1) is 18.0. The average molecular weight is 364 g/mol. The predicted octanol–water partition coefficient (Wildman–Crippen LogP) is 4.40. The van der Waals surface area contributed by atoms with E-state index in [4.69, 9.17) is 0 Å². The molecular weight excluding hydrogens is 344 g/mol. The summed E-state index contributed by atoms with van der Waals surface area (Å²) in [5, 5.41) is 2.08. The lowest BCUT2D eigenvalue weighted by atomic mass is 10.0. The van der Waals surface area contributed by atoms with Crippen LogP contribution in [0.1, 0.15) is 11.1 Å². The van der Waals surface area contributed by atoms with Crippen molar-refractivity contribution in [3.05, 3.63) is 83.9 Å². The Hall–Kier alpha value is -2.79. The summed E-state index contributed by atoms with van der Waals surface area (Å²) >= 11 is 0.847. The van der Waals surface area contributed by atoms with Crippen LogP contribution in [0.2, 0.25) is 0 Å². The van der Waals surface area contributed by atoms with E-state index in [1.807, 2.05) is 72.8 Å². The van der Waals surface area contributed by atoms with Crippen molar-refractivity contribution in [2.45, 2.75) is 13.0 Å². The lowest BCUT2D eigenvalue weighted by molar-refractivity contribution is -0.110. The maximum atomic E-state index is 12.3. The molecule has 0 aromatic heterocycles. The molecule has 0 spiro atoms. The normalized spacial score (nSPS) is 10.5. The van der Waals surface area contributed by atoms with Gasteiger partial charge in [-0.15, -0.1) is 0 Å². The van der Waals surface area contributed by atoms with Crippen molar-refractivity contribution >= 4 is 33.9 Å². The lowest BCUT2D eigenvalue weighted by Crippen LogP contribution is -2.34. The Balaban J connectivity index is 1.54. The number of hydrogen-bond donors (Lipinski definition) is 1. The zero-order chi connectivity index (χ0) is 18.4. The molecule has 0 fully saturated rings. The van der Waals surface area contributed by atoms with Crippen molar-refractivity contribution in [1.29, 1.82) is 0 Å². The molecule has 0 aliphatic carbocycles. The second-order valence-electron chi connectivity index (χ2n) is 6.04.